The molecule has 0 atom stereocenters. The van der Waals surface area contributed by atoms with Crippen molar-refractivity contribution in [3.63, 3.8) is 0 Å². The van der Waals surface area contributed by atoms with Gasteiger partial charge in [0.25, 0.3) is 0 Å². The molecule has 0 N–H and O–H groups in total. The van der Waals surface area contributed by atoms with Gasteiger partial charge in [-0.25, -0.2) is 4.98 Å². The first-order chi connectivity index (χ1) is 7.63. The van der Waals surface area contributed by atoms with E-state index in [4.69, 9.17) is 0 Å². The minimum atomic E-state index is -0.434. The SMILES string of the molecule is CC(C)(C=O)c1ccc(N2CCCC2)nc1. The van der Waals surface area contributed by atoms with Crippen LogP contribution >= 0.6 is 0 Å². The second-order valence-corrected chi connectivity index (χ2v) is 4.94. The first-order valence-corrected chi connectivity index (χ1v) is 5.81. The molecule has 0 aliphatic carbocycles. The number of anilines is 1. The smallest absolute Gasteiger partial charge is 0.130 e. The molecule has 1 aliphatic rings. The molecule has 16 heavy (non-hydrogen) atoms. The number of pyridine rings is 1. The van der Waals surface area contributed by atoms with E-state index in [9.17, 15) is 4.79 Å². The van der Waals surface area contributed by atoms with Crippen LogP contribution in [-0.2, 0) is 10.2 Å². The normalized spacial score (nSPS) is 16.5. The zero-order chi connectivity index (χ0) is 11.6. The summed E-state index contributed by atoms with van der Waals surface area (Å²) in [5.74, 6) is 1.03. The Morgan fingerprint density at radius 3 is 2.50 bits per heavy atom. The van der Waals surface area contributed by atoms with Gasteiger partial charge in [-0.2, -0.15) is 0 Å². The van der Waals surface area contributed by atoms with Gasteiger partial charge in [0, 0.05) is 24.7 Å². The highest BCUT2D eigenvalue weighted by molar-refractivity contribution is 5.67. The minimum Gasteiger partial charge on any atom is -0.357 e. The molecule has 0 radical (unpaired) electrons. The number of aldehydes is 1. The molecule has 2 rings (SSSR count). The highest BCUT2D eigenvalue weighted by atomic mass is 16.1. The van der Waals surface area contributed by atoms with Crippen LogP contribution in [0.5, 0.6) is 0 Å². The molecule has 0 amide bonds. The van der Waals surface area contributed by atoms with Crippen molar-refractivity contribution in [3.8, 4) is 0 Å². The van der Waals surface area contributed by atoms with Gasteiger partial charge in [0.15, 0.2) is 0 Å². The van der Waals surface area contributed by atoms with Crippen molar-refractivity contribution >= 4 is 12.1 Å². The van der Waals surface area contributed by atoms with Crippen LogP contribution in [0.15, 0.2) is 18.3 Å². The van der Waals surface area contributed by atoms with Gasteiger partial charge in [0.1, 0.15) is 12.1 Å². The third-order valence-electron chi connectivity index (χ3n) is 3.22. The Bertz CT molecular complexity index is 364. The summed E-state index contributed by atoms with van der Waals surface area (Å²) in [7, 11) is 0. The Kier molecular flexibility index (Phi) is 2.95. The van der Waals surface area contributed by atoms with Crippen molar-refractivity contribution in [2.75, 3.05) is 18.0 Å². The van der Waals surface area contributed by atoms with Crippen molar-refractivity contribution in [3.05, 3.63) is 23.9 Å². The fourth-order valence-electron chi connectivity index (χ4n) is 1.97. The van der Waals surface area contributed by atoms with E-state index < -0.39 is 5.41 Å². The molecule has 0 spiro atoms. The summed E-state index contributed by atoms with van der Waals surface area (Å²) in [6, 6.07) is 4.03. The molecule has 3 nitrogen and oxygen atoms in total. The maximum Gasteiger partial charge on any atom is 0.130 e. The standard InChI is InChI=1S/C13H18N2O/c1-13(2,10-16)11-5-6-12(14-9-11)15-7-3-4-8-15/h5-6,9-10H,3-4,7-8H2,1-2H3. The van der Waals surface area contributed by atoms with E-state index in [-0.39, 0.29) is 0 Å². The zero-order valence-corrected chi connectivity index (χ0v) is 9.94. The third-order valence-corrected chi connectivity index (χ3v) is 3.22. The van der Waals surface area contributed by atoms with E-state index in [1.54, 1.807) is 0 Å². The Balaban J connectivity index is 2.18. The van der Waals surface area contributed by atoms with Crippen LogP contribution < -0.4 is 4.90 Å². The van der Waals surface area contributed by atoms with Gasteiger partial charge in [-0.1, -0.05) is 6.07 Å². The van der Waals surface area contributed by atoms with Gasteiger partial charge >= 0.3 is 0 Å². The van der Waals surface area contributed by atoms with Crippen molar-refractivity contribution in [1.29, 1.82) is 0 Å². The Labute approximate surface area is 96.5 Å². The molecule has 1 fully saturated rings. The molecule has 0 saturated carbocycles. The summed E-state index contributed by atoms with van der Waals surface area (Å²) in [4.78, 5) is 17.7. The van der Waals surface area contributed by atoms with Crippen molar-refractivity contribution in [1.82, 2.24) is 4.98 Å². The number of carbonyl (C=O) groups is 1. The average molecular weight is 218 g/mol. The zero-order valence-electron chi connectivity index (χ0n) is 9.94. The summed E-state index contributed by atoms with van der Waals surface area (Å²) in [5.41, 5.74) is 0.543. The number of rotatable bonds is 3. The van der Waals surface area contributed by atoms with Crippen LogP contribution in [0.25, 0.3) is 0 Å². The third kappa shape index (κ3) is 2.08. The summed E-state index contributed by atoms with van der Waals surface area (Å²) in [6.07, 6.45) is 5.30. The van der Waals surface area contributed by atoms with E-state index in [1.165, 1.54) is 12.8 Å². The van der Waals surface area contributed by atoms with Gasteiger partial charge in [-0.05, 0) is 38.3 Å². The second kappa shape index (κ2) is 4.24. The summed E-state index contributed by atoms with van der Waals surface area (Å²) in [6.45, 7) is 6.02. The van der Waals surface area contributed by atoms with Crippen molar-refractivity contribution < 1.29 is 4.79 Å². The number of carbonyl (C=O) groups excluding carboxylic acids is 1. The highest BCUT2D eigenvalue weighted by Crippen LogP contribution is 2.23. The second-order valence-electron chi connectivity index (χ2n) is 4.94. The molecular weight excluding hydrogens is 200 g/mol. The molecular formula is C13H18N2O. The van der Waals surface area contributed by atoms with E-state index >= 15 is 0 Å². The van der Waals surface area contributed by atoms with Gasteiger partial charge in [0.05, 0.1) is 0 Å². The quantitative estimate of drug-likeness (QED) is 0.729. The molecule has 1 aromatic rings. The Morgan fingerprint density at radius 1 is 1.31 bits per heavy atom. The van der Waals surface area contributed by atoms with Gasteiger partial charge < -0.3 is 9.69 Å². The lowest BCUT2D eigenvalue weighted by Crippen LogP contribution is -2.21. The first kappa shape index (κ1) is 11.1. The predicted octanol–water partition coefficient (Wildman–Crippen LogP) is 2.16. The number of hydrogen-bond donors (Lipinski definition) is 0. The maximum atomic E-state index is 10.9. The number of hydrogen-bond acceptors (Lipinski definition) is 3. The lowest BCUT2D eigenvalue weighted by molar-refractivity contribution is -0.111. The molecule has 0 bridgehead atoms. The molecule has 0 aromatic carbocycles. The Morgan fingerprint density at radius 2 is 2.00 bits per heavy atom. The lowest BCUT2D eigenvalue weighted by Gasteiger charge is -2.20. The monoisotopic (exact) mass is 218 g/mol. The van der Waals surface area contributed by atoms with Crippen LogP contribution in [0.1, 0.15) is 32.3 Å². The van der Waals surface area contributed by atoms with Crippen LogP contribution in [0, 0.1) is 0 Å². The average Bonchev–Trinajstić information content (AvgIpc) is 2.83. The summed E-state index contributed by atoms with van der Waals surface area (Å²) < 4.78 is 0. The fourth-order valence-corrected chi connectivity index (χ4v) is 1.97. The summed E-state index contributed by atoms with van der Waals surface area (Å²) >= 11 is 0. The van der Waals surface area contributed by atoms with E-state index in [0.717, 1.165) is 30.8 Å². The molecule has 0 unspecified atom stereocenters. The van der Waals surface area contributed by atoms with Crippen LogP contribution in [-0.4, -0.2) is 24.4 Å². The molecule has 1 aromatic heterocycles. The minimum absolute atomic E-state index is 0.434. The summed E-state index contributed by atoms with van der Waals surface area (Å²) in [5, 5.41) is 0. The maximum absolute atomic E-state index is 10.9. The number of nitrogens with zero attached hydrogens (tertiary/aromatic N) is 2. The molecule has 86 valence electrons. The fraction of sp³-hybridized carbons (Fsp3) is 0.538. The number of aromatic nitrogens is 1. The van der Waals surface area contributed by atoms with Gasteiger partial charge in [-0.3, -0.25) is 0 Å². The largest absolute Gasteiger partial charge is 0.357 e. The van der Waals surface area contributed by atoms with E-state index in [1.807, 2.05) is 32.2 Å². The molecule has 3 heteroatoms. The van der Waals surface area contributed by atoms with E-state index in [0.29, 0.717) is 0 Å². The van der Waals surface area contributed by atoms with Gasteiger partial charge in [-0.15, -0.1) is 0 Å². The van der Waals surface area contributed by atoms with Gasteiger partial charge in [0.2, 0.25) is 0 Å². The van der Waals surface area contributed by atoms with Crippen LogP contribution in [0.2, 0.25) is 0 Å². The van der Waals surface area contributed by atoms with Crippen molar-refractivity contribution in [2.45, 2.75) is 32.1 Å². The van der Waals surface area contributed by atoms with Crippen LogP contribution in [0.3, 0.4) is 0 Å². The first-order valence-electron chi connectivity index (χ1n) is 5.81. The Hall–Kier alpha value is -1.38. The molecule has 1 aliphatic heterocycles. The van der Waals surface area contributed by atoms with E-state index in [2.05, 4.69) is 9.88 Å². The predicted molar refractivity (Wildman–Crippen MR) is 64.8 cm³/mol. The molecule has 1 saturated heterocycles. The van der Waals surface area contributed by atoms with Crippen LogP contribution in [0.4, 0.5) is 5.82 Å². The topological polar surface area (TPSA) is 33.2 Å². The lowest BCUT2D eigenvalue weighted by atomic mass is 9.88. The molecule has 2 heterocycles. The highest BCUT2D eigenvalue weighted by Gasteiger charge is 2.20. The van der Waals surface area contributed by atoms with Crippen molar-refractivity contribution in [2.24, 2.45) is 0 Å².